The summed E-state index contributed by atoms with van der Waals surface area (Å²) in [4.78, 5) is 38.8. The first-order chi connectivity index (χ1) is 16.3. The number of nitrogens with zero attached hydrogens (tertiary/aromatic N) is 2. The maximum atomic E-state index is 13.0. The molecule has 2 N–H and O–H groups in total. The van der Waals surface area contributed by atoms with Crippen molar-refractivity contribution >= 4 is 35.0 Å². The van der Waals surface area contributed by atoms with Gasteiger partial charge in [-0.2, -0.15) is 0 Å². The zero-order valence-corrected chi connectivity index (χ0v) is 19.8. The SMILES string of the molecule is Cc1c(NC(=O)C(C)Sc2ccc(NC(=O)c3ccco3)cc2)c(=O)n(-c2ccccc2)n1C. The van der Waals surface area contributed by atoms with Crippen molar-refractivity contribution < 1.29 is 14.0 Å². The number of benzene rings is 2. The van der Waals surface area contributed by atoms with E-state index in [9.17, 15) is 14.4 Å². The maximum absolute atomic E-state index is 13.0. The van der Waals surface area contributed by atoms with Crippen LogP contribution in [0.2, 0.25) is 0 Å². The van der Waals surface area contributed by atoms with Crippen LogP contribution in [0.25, 0.3) is 5.69 Å². The van der Waals surface area contributed by atoms with E-state index in [0.717, 1.165) is 10.6 Å². The maximum Gasteiger partial charge on any atom is 0.295 e. The van der Waals surface area contributed by atoms with Gasteiger partial charge in [-0.05, 0) is 62.4 Å². The van der Waals surface area contributed by atoms with E-state index in [1.54, 1.807) is 49.8 Å². The molecule has 0 saturated carbocycles. The van der Waals surface area contributed by atoms with Gasteiger partial charge in [0, 0.05) is 17.6 Å². The highest BCUT2D eigenvalue weighted by Crippen LogP contribution is 2.26. The number of anilines is 2. The number of amides is 2. The van der Waals surface area contributed by atoms with Crippen molar-refractivity contribution in [1.82, 2.24) is 9.36 Å². The molecule has 0 aliphatic carbocycles. The Balaban J connectivity index is 1.42. The number of carbonyl (C=O) groups excluding carboxylic acids is 2. The molecule has 0 aliphatic heterocycles. The average Bonchev–Trinajstić information content (AvgIpc) is 3.45. The Morgan fingerprint density at radius 3 is 2.32 bits per heavy atom. The molecule has 0 radical (unpaired) electrons. The van der Waals surface area contributed by atoms with Crippen LogP contribution in [0.3, 0.4) is 0 Å². The first kappa shape index (κ1) is 23.2. The van der Waals surface area contributed by atoms with Crippen LogP contribution in [0.1, 0.15) is 23.2 Å². The molecule has 0 saturated heterocycles. The van der Waals surface area contributed by atoms with E-state index in [4.69, 9.17) is 4.42 Å². The molecule has 34 heavy (non-hydrogen) atoms. The normalized spacial score (nSPS) is 11.7. The second-order valence-corrected chi connectivity index (χ2v) is 9.06. The van der Waals surface area contributed by atoms with E-state index in [1.165, 1.54) is 22.7 Å². The zero-order valence-electron chi connectivity index (χ0n) is 18.9. The molecule has 174 valence electrons. The van der Waals surface area contributed by atoms with Crippen molar-refractivity contribution in [2.24, 2.45) is 7.05 Å². The molecule has 0 aliphatic rings. The van der Waals surface area contributed by atoms with Gasteiger partial charge in [-0.25, -0.2) is 4.68 Å². The molecule has 2 amide bonds. The zero-order chi connectivity index (χ0) is 24.2. The van der Waals surface area contributed by atoms with E-state index in [0.29, 0.717) is 11.4 Å². The van der Waals surface area contributed by atoms with Gasteiger partial charge in [0.15, 0.2) is 5.76 Å². The van der Waals surface area contributed by atoms with Crippen LogP contribution in [0, 0.1) is 6.92 Å². The Hall–Kier alpha value is -3.98. The Bertz CT molecular complexity index is 1360. The molecule has 2 heterocycles. The van der Waals surface area contributed by atoms with Gasteiger partial charge in [0.1, 0.15) is 5.69 Å². The topological polar surface area (TPSA) is 98.3 Å². The van der Waals surface area contributed by atoms with Crippen LogP contribution in [-0.2, 0) is 11.8 Å². The Kier molecular flexibility index (Phi) is 6.74. The third-order valence-electron chi connectivity index (χ3n) is 5.34. The van der Waals surface area contributed by atoms with Crippen molar-refractivity contribution in [1.29, 1.82) is 0 Å². The van der Waals surface area contributed by atoms with Crippen molar-refractivity contribution in [3.63, 3.8) is 0 Å². The summed E-state index contributed by atoms with van der Waals surface area (Å²) >= 11 is 1.36. The van der Waals surface area contributed by atoms with Crippen LogP contribution < -0.4 is 16.2 Å². The standard InChI is InChI=1S/C25H24N4O4S/c1-16-22(25(32)29(28(16)3)19-8-5-4-6-9-19)27-23(30)17(2)34-20-13-11-18(12-14-20)26-24(31)21-10-7-15-33-21/h4-15,17H,1-3H3,(H,26,31)(H,27,30). The molecule has 1 atom stereocenters. The van der Waals surface area contributed by atoms with Crippen molar-refractivity contribution in [3.8, 4) is 5.69 Å². The van der Waals surface area contributed by atoms with E-state index < -0.39 is 5.25 Å². The lowest BCUT2D eigenvalue weighted by molar-refractivity contribution is -0.115. The number of para-hydroxylation sites is 1. The fourth-order valence-corrected chi connectivity index (χ4v) is 4.28. The summed E-state index contributed by atoms with van der Waals surface area (Å²) in [6.45, 7) is 3.57. The van der Waals surface area contributed by atoms with Crippen LogP contribution in [-0.4, -0.2) is 26.4 Å². The van der Waals surface area contributed by atoms with Gasteiger partial charge >= 0.3 is 0 Å². The van der Waals surface area contributed by atoms with Crippen LogP contribution in [0.5, 0.6) is 0 Å². The van der Waals surface area contributed by atoms with Gasteiger partial charge < -0.3 is 15.1 Å². The summed E-state index contributed by atoms with van der Waals surface area (Å²) in [5.74, 6) is -0.380. The average molecular weight is 477 g/mol. The predicted molar refractivity (Wildman–Crippen MR) is 133 cm³/mol. The smallest absolute Gasteiger partial charge is 0.295 e. The van der Waals surface area contributed by atoms with Crippen molar-refractivity contribution in [3.05, 3.63) is 94.8 Å². The minimum absolute atomic E-state index is 0.228. The summed E-state index contributed by atoms with van der Waals surface area (Å²) in [5, 5.41) is 5.10. The predicted octanol–water partition coefficient (Wildman–Crippen LogP) is 4.45. The van der Waals surface area contributed by atoms with Gasteiger partial charge in [0.05, 0.1) is 22.9 Å². The molecule has 0 bridgehead atoms. The lowest BCUT2D eigenvalue weighted by Crippen LogP contribution is -2.27. The molecule has 2 aromatic heterocycles. The van der Waals surface area contributed by atoms with Crippen LogP contribution in [0.4, 0.5) is 11.4 Å². The number of furan rings is 1. The summed E-state index contributed by atoms with van der Waals surface area (Å²) < 4.78 is 8.33. The summed E-state index contributed by atoms with van der Waals surface area (Å²) in [6, 6.07) is 19.7. The molecule has 0 fully saturated rings. The van der Waals surface area contributed by atoms with E-state index in [1.807, 2.05) is 42.5 Å². The van der Waals surface area contributed by atoms with E-state index in [2.05, 4.69) is 10.6 Å². The molecular weight excluding hydrogens is 452 g/mol. The van der Waals surface area contributed by atoms with Crippen molar-refractivity contribution in [2.75, 3.05) is 10.6 Å². The van der Waals surface area contributed by atoms with Gasteiger partial charge in [-0.1, -0.05) is 18.2 Å². The lowest BCUT2D eigenvalue weighted by atomic mass is 10.3. The largest absolute Gasteiger partial charge is 0.459 e. The number of carbonyl (C=O) groups is 2. The molecule has 4 rings (SSSR count). The third-order valence-corrected chi connectivity index (χ3v) is 6.45. The van der Waals surface area contributed by atoms with Crippen LogP contribution in [0.15, 0.2) is 87.1 Å². The molecule has 0 spiro atoms. The highest BCUT2D eigenvalue weighted by atomic mass is 32.2. The van der Waals surface area contributed by atoms with E-state index in [-0.39, 0.29) is 28.8 Å². The Morgan fingerprint density at radius 2 is 1.68 bits per heavy atom. The molecule has 4 aromatic rings. The van der Waals surface area contributed by atoms with Gasteiger partial charge in [0.25, 0.3) is 11.5 Å². The van der Waals surface area contributed by atoms with Crippen molar-refractivity contribution in [2.45, 2.75) is 24.0 Å². The van der Waals surface area contributed by atoms with Gasteiger partial charge in [-0.3, -0.25) is 19.1 Å². The number of nitrogens with one attached hydrogen (secondary N) is 2. The Morgan fingerprint density at radius 1 is 0.971 bits per heavy atom. The quantitative estimate of drug-likeness (QED) is 0.384. The number of aromatic nitrogens is 2. The number of hydrogen-bond acceptors (Lipinski definition) is 5. The molecule has 8 nitrogen and oxygen atoms in total. The van der Waals surface area contributed by atoms with E-state index >= 15 is 0 Å². The highest BCUT2D eigenvalue weighted by Gasteiger charge is 2.21. The third kappa shape index (κ3) is 4.84. The summed E-state index contributed by atoms with van der Waals surface area (Å²) in [5.41, 5.74) is 1.98. The van der Waals surface area contributed by atoms with Crippen LogP contribution >= 0.6 is 11.8 Å². The highest BCUT2D eigenvalue weighted by molar-refractivity contribution is 8.00. The molecule has 1 unspecified atom stereocenters. The lowest BCUT2D eigenvalue weighted by Gasteiger charge is -2.12. The first-order valence-corrected chi connectivity index (χ1v) is 11.5. The second kappa shape index (κ2) is 9.88. The van der Waals surface area contributed by atoms with Gasteiger partial charge in [-0.15, -0.1) is 11.8 Å². The summed E-state index contributed by atoms with van der Waals surface area (Å²) in [7, 11) is 1.78. The number of thioether (sulfide) groups is 1. The van der Waals surface area contributed by atoms with Gasteiger partial charge in [0.2, 0.25) is 5.91 Å². The number of hydrogen-bond donors (Lipinski definition) is 2. The first-order valence-electron chi connectivity index (χ1n) is 10.6. The fourth-order valence-electron chi connectivity index (χ4n) is 3.41. The Labute approximate surface area is 200 Å². The molecule has 2 aromatic carbocycles. The number of rotatable bonds is 7. The second-order valence-electron chi connectivity index (χ2n) is 7.64. The minimum atomic E-state index is -0.451. The minimum Gasteiger partial charge on any atom is -0.459 e. The molecule has 9 heteroatoms. The summed E-state index contributed by atoms with van der Waals surface area (Å²) in [6.07, 6.45) is 1.44. The fraction of sp³-hybridized carbons (Fsp3) is 0.160. The monoisotopic (exact) mass is 476 g/mol. The molecular formula is C25H24N4O4S.